The van der Waals surface area contributed by atoms with E-state index in [1.54, 1.807) is 6.33 Å². The first-order valence-electron chi connectivity index (χ1n) is 6.94. The Labute approximate surface area is 116 Å². The summed E-state index contributed by atoms with van der Waals surface area (Å²) >= 11 is 0. The third-order valence-electron chi connectivity index (χ3n) is 3.94. The third-order valence-corrected chi connectivity index (χ3v) is 3.94. The van der Waals surface area contributed by atoms with Crippen molar-refractivity contribution < 1.29 is 0 Å². The zero-order valence-corrected chi connectivity index (χ0v) is 11.1. The van der Waals surface area contributed by atoms with E-state index in [9.17, 15) is 0 Å². The lowest BCUT2D eigenvalue weighted by molar-refractivity contribution is 0.508. The summed E-state index contributed by atoms with van der Waals surface area (Å²) in [6, 6.07) is 4.46. The van der Waals surface area contributed by atoms with E-state index in [1.807, 2.05) is 35.4 Å². The molecule has 0 bridgehead atoms. The molecule has 1 atom stereocenters. The van der Waals surface area contributed by atoms with E-state index >= 15 is 0 Å². The zero-order chi connectivity index (χ0) is 13.4. The minimum atomic E-state index is 0.447. The van der Waals surface area contributed by atoms with Crippen molar-refractivity contribution in [2.75, 3.05) is 11.4 Å². The highest BCUT2D eigenvalue weighted by atomic mass is 15.3. The quantitative estimate of drug-likeness (QED) is 0.787. The molecule has 0 spiro atoms. The maximum atomic E-state index is 4.51. The van der Waals surface area contributed by atoms with Gasteiger partial charge in [0, 0.05) is 25.1 Å². The molecule has 0 saturated carbocycles. The molecule has 0 aliphatic carbocycles. The molecule has 1 saturated heterocycles. The molecule has 0 amide bonds. The first kappa shape index (κ1) is 11.5. The Hall–Kier alpha value is -2.37. The van der Waals surface area contributed by atoms with Gasteiger partial charge in [-0.15, -0.1) is 0 Å². The van der Waals surface area contributed by atoms with Gasteiger partial charge in [0.05, 0.1) is 18.0 Å². The van der Waals surface area contributed by atoms with Gasteiger partial charge in [-0.1, -0.05) is 0 Å². The highest BCUT2D eigenvalue weighted by Gasteiger charge is 2.27. The number of H-pyrrole nitrogens is 1. The first-order chi connectivity index (χ1) is 9.92. The van der Waals surface area contributed by atoms with Crippen LogP contribution in [0, 0.1) is 0 Å². The summed E-state index contributed by atoms with van der Waals surface area (Å²) in [6.07, 6.45) is 9.77. The molecule has 1 aliphatic heterocycles. The number of nitrogens with one attached hydrogen (secondary N) is 1. The summed E-state index contributed by atoms with van der Waals surface area (Å²) in [7, 11) is 0. The molecule has 1 aliphatic rings. The first-order valence-corrected chi connectivity index (χ1v) is 6.94. The lowest BCUT2D eigenvalue weighted by atomic mass is 10.2. The minimum absolute atomic E-state index is 0.447. The zero-order valence-electron chi connectivity index (χ0n) is 11.1. The van der Waals surface area contributed by atoms with Crippen LogP contribution in [0.1, 0.15) is 12.8 Å². The van der Waals surface area contributed by atoms with Crippen molar-refractivity contribution in [3.8, 4) is 0 Å². The van der Waals surface area contributed by atoms with E-state index in [-0.39, 0.29) is 0 Å². The number of rotatable bonds is 3. The number of nitrogens with zero attached hydrogens (tertiary/aromatic N) is 5. The SMILES string of the molecule is c1cnn(C[C@H]2CCCN2c2ncnc3[nH]ccc23)c1. The Morgan fingerprint density at radius 3 is 3.25 bits per heavy atom. The van der Waals surface area contributed by atoms with Crippen LogP contribution in [0.3, 0.4) is 0 Å². The van der Waals surface area contributed by atoms with Crippen molar-refractivity contribution in [1.29, 1.82) is 0 Å². The van der Waals surface area contributed by atoms with Crippen molar-refractivity contribution in [3.63, 3.8) is 0 Å². The molecule has 3 aromatic heterocycles. The summed E-state index contributed by atoms with van der Waals surface area (Å²) in [5, 5.41) is 5.41. The Bertz CT molecular complexity index is 701. The van der Waals surface area contributed by atoms with E-state index in [4.69, 9.17) is 0 Å². The number of aromatic nitrogens is 5. The second kappa shape index (κ2) is 4.63. The fourth-order valence-electron chi connectivity index (χ4n) is 3.02. The number of fused-ring (bicyclic) bond motifs is 1. The molecular formula is C14H16N6. The molecule has 0 radical (unpaired) electrons. The predicted molar refractivity (Wildman–Crippen MR) is 76.5 cm³/mol. The summed E-state index contributed by atoms with van der Waals surface area (Å²) < 4.78 is 2.00. The van der Waals surface area contributed by atoms with Crippen molar-refractivity contribution in [2.45, 2.75) is 25.4 Å². The molecule has 1 fully saturated rings. The van der Waals surface area contributed by atoms with Gasteiger partial charge in [0.25, 0.3) is 0 Å². The fourth-order valence-corrected chi connectivity index (χ4v) is 3.02. The van der Waals surface area contributed by atoms with Crippen LogP contribution in [0.5, 0.6) is 0 Å². The average Bonchev–Trinajstić information content (AvgIpc) is 3.19. The Morgan fingerprint density at radius 1 is 1.35 bits per heavy atom. The highest BCUT2D eigenvalue weighted by molar-refractivity contribution is 5.87. The van der Waals surface area contributed by atoms with Crippen LogP contribution in [0.15, 0.2) is 37.1 Å². The monoisotopic (exact) mass is 268 g/mol. The van der Waals surface area contributed by atoms with E-state index in [0.717, 1.165) is 29.9 Å². The summed E-state index contributed by atoms with van der Waals surface area (Å²) in [6.45, 7) is 1.95. The second-order valence-electron chi connectivity index (χ2n) is 5.15. The summed E-state index contributed by atoms with van der Waals surface area (Å²) in [4.78, 5) is 14.3. The standard InChI is InChI=1S/C14H16N6/c1-3-11(9-19-7-2-5-18-19)20(8-1)14-12-4-6-15-13(12)16-10-17-14/h2,4-7,10-11H,1,3,8-9H2,(H,15,16,17)/t11-/m1/s1. The van der Waals surface area contributed by atoms with Crippen LogP contribution in [0.4, 0.5) is 5.82 Å². The molecule has 3 aromatic rings. The minimum Gasteiger partial charge on any atom is -0.351 e. The van der Waals surface area contributed by atoms with Gasteiger partial charge in [-0.05, 0) is 25.0 Å². The van der Waals surface area contributed by atoms with E-state index in [1.165, 1.54) is 12.8 Å². The molecule has 6 nitrogen and oxygen atoms in total. The third kappa shape index (κ3) is 1.84. The van der Waals surface area contributed by atoms with Gasteiger partial charge in [0.15, 0.2) is 0 Å². The molecule has 4 rings (SSSR count). The summed E-state index contributed by atoms with van der Waals surface area (Å²) in [5.41, 5.74) is 0.903. The molecule has 0 unspecified atom stereocenters. The second-order valence-corrected chi connectivity index (χ2v) is 5.15. The molecule has 0 aromatic carbocycles. The Kier molecular flexibility index (Phi) is 2.65. The van der Waals surface area contributed by atoms with Gasteiger partial charge < -0.3 is 9.88 Å². The van der Waals surface area contributed by atoms with E-state index in [0.29, 0.717) is 6.04 Å². The normalized spacial score (nSPS) is 19.0. The molecular weight excluding hydrogens is 252 g/mol. The van der Waals surface area contributed by atoms with Gasteiger partial charge in [0.1, 0.15) is 17.8 Å². The molecule has 20 heavy (non-hydrogen) atoms. The van der Waals surface area contributed by atoms with Gasteiger partial charge in [0.2, 0.25) is 0 Å². The number of aromatic amines is 1. The molecule has 6 heteroatoms. The van der Waals surface area contributed by atoms with Crippen LogP contribution in [0.25, 0.3) is 11.0 Å². The van der Waals surface area contributed by atoms with Gasteiger partial charge in [-0.25, -0.2) is 9.97 Å². The number of anilines is 1. The maximum Gasteiger partial charge on any atom is 0.142 e. The van der Waals surface area contributed by atoms with Crippen molar-refractivity contribution in [1.82, 2.24) is 24.7 Å². The highest BCUT2D eigenvalue weighted by Crippen LogP contribution is 2.29. The number of hydrogen-bond donors (Lipinski definition) is 1. The van der Waals surface area contributed by atoms with Gasteiger partial charge in [-0.2, -0.15) is 5.10 Å². The van der Waals surface area contributed by atoms with Crippen LogP contribution in [-0.2, 0) is 6.54 Å². The smallest absolute Gasteiger partial charge is 0.142 e. The largest absolute Gasteiger partial charge is 0.351 e. The molecule has 4 heterocycles. The molecule has 1 N–H and O–H groups in total. The van der Waals surface area contributed by atoms with Crippen LogP contribution in [-0.4, -0.2) is 37.3 Å². The Morgan fingerprint density at radius 2 is 2.35 bits per heavy atom. The topological polar surface area (TPSA) is 62.6 Å². The average molecular weight is 268 g/mol. The maximum absolute atomic E-state index is 4.51. The van der Waals surface area contributed by atoms with Gasteiger partial charge >= 0.3 is 0 Å². The van der Waals surface area contributed by atoms with Gasteiger partial charge in [-0.3, -0.25) is 4.68 Å². The van der Waals surface area contributed by atoms with Crippen LogP contribution in [0.2, 0.25) is 0 Å². The van der Waals surface area contributed by atoms with Crippen molar-refractivity contribution >= 4 is 16.9 Å². The fraction of sp³-hybridized carbons (Fsp3) is 0.357. The lowest BCUT2D eigenvalue weighted by Gasteiger charge is -2.26. The van der Waals surface area contributed by atoms with E-state index < -0.39 is 0 Å². The van der Waals surface area contributed by atoms with E-state index in [2.05, 4.69) is 25.0 Å². The predicted octanol–water partition coefficient (Wildman–Crippen LogP) is 1.82. The van der Waals surface area contributed by atoms with Crippen molar-refractivity contribution in [2.24, 2.45) is 0 Å². The van der Waals surface area contributed by atoms with Crippen LogP contribution < -0.4 is 4.90 Å². The Balaban J connectivity index is 1.68. The molecule has 102 valence electrons. The van der Waals surface area contributed by atoms with Crippen molar-refractivity contribution in [3.05, 3.63) is 37.1 Å². The summed E-state index contributed by atoms with van der Waals surface area (Å²) in [5.74, 6) is 1.03. The number of hydrogen-bond acceptors (Lipinski definition) is 4. The lowest BCUT2D eigenvalue weighted by Crippen LogP contribution is -2.33. The van der Waals surface area contributed by atoms with Crippen LogP contribution >= 0.6 is 0 Å².